The second-order valence-corrected chi connectivity index (χ2v) is 7.45. The van der Waals surface area contributed by atoms with Crippen molar-refractivity contribution in [2.24, 2.45) is 0 Å². The molecule has 2 amide bonds. The first kappa shape index (κ1) is 17.6. The van der Waals surface area contributed by atoms with Crippen LogP contribution in [-0.4, -0.2) is 17.9 Å². The molecule has 0 fully saturated rings. The summed E-state index contributed by atoms with van der Waals surface area (Å²) in [6.07, 6.45) is 2.32. The molecule has 0 aromatic heterocycles. The molecular weight excluding hydrogens is 340 g/mol. The maximum Gasteiger partial charge on any atom is 0.261 e. The minimum atomic E-state index is -0.459. The molecule has 2 atom stereocenters. The fraction of sp³-hybridized carbons (Fsp3) is 0.364. The average Bonchev–Trinajstić information content (AvgIpc) is 2.67. The Morgan fingerprint density at radius 3 is 2.85 bits per heavy atom. The minimum Gasteiger partial charge on any atom is -0.480 e. The monoisotopic (exact) mass is 364 g/mol. The van der Waals surface area contributed by atoms with Crippen molar-refractivity contribution in [1.82, 2.24) is 5.32 Å². The summed E-state index contributed by atoms with van der Waals surface area (Å²) >= 11 is 0. The SMILES string of the molecule is Cc1ccc2c(c1)CCC(C(=O)NC(C)c1ccc3c(c1)CCC(=O)N3)O2. The normalized spacial score (nSPS) is 19.2. The van der Waals surface area contributed by atoms with Crippen molar-refractivity contribution < 1.29 is 14.3 Å². The van der Waals surface area contributed by atoms with Crippen LogP contribution in [0.25, 0.3) is 0 Å². The van der Waals surface area contributed by atoms with Gasteiger partial charge < -0.3 is 15.4 Å². The molecule has 2 heterocycles. The highest BCUT2D eigenvalue weighted by molar-refractivity contribution is 5.94. The predicted octanol–water partition coefficient (Wildman–Crippen LogP) is 3.45. The molecule has 0 radical (unpaired) electrons. The minimum absolute atomic E-state index is 0.0570. The van der Waals surface area contributed by atoms with Gasteiger partial charge in [0, 0.05) is 12.1 Å². The number of amides is 2. The number of rotatable bonds is 3. The van der Waals surface area contributed by atoms with E-state index in [1.54, 1.807) is 0 Å². The second-order valence-electron chi connectivity index (χ2n) is 7.45. The van der Waals surface area contributed by atoms with Crippen molar-refractivity contribution in [2.45, 2.75) is 51.7 Å². The van der Waals surface area contributed by atoms with E-state index in [9.17, 15) is 9.59 Å². The first-order valence-corrected chi connectivity index (χ1v) is 9.49. The number of benzene rings is 2. The van der Waals surface area contributed by atoms with Crippen LogP contribution in [0, 0.1) is 6.92 Å². The number of nitrogens with one attached hydrogen (secondary N) is 2. The number of carbonyl (C=O) groups is 2. The van der Waals surface area contributed by atoms with E-state index in [0.717, 1.165) is 35.4 Å². The molecule has 0 saturated heterocycles. The zero-order chi connectivity index (χ0) is 19.0. The Morgan fingerprint density at radius 2 is 2.00 bits per heavy atom. The largest absolute Gasteiger partial charge is 0.480 e. The molecule has 4 rings (SSSR count). The van der Waals surface area contributed by atoms with Crippen molar-refractivity contribution in [1.29, 1.82) is 0 Å². The Kier molecular flexibility index (Phi) is 4.60. The number of carbonyl (C=O) groups excluding carboxylic acids is 2. The van der Waals surface area contributed by atoms with Crippen LogP contribution >= 0.6 is 0 Å². The van der Waals surface area contributed by atoms with Crippen LogP contribution in [0.3, 0.4) is 0 Å². The van der Waals surface area contributed by atoms with Gasteiger partial charge in [-0.2, -0.15) is 0 Å². The summed E-state index contributed by atoms with van der Waals surface area (Å²) < 4.78 is 5.93. The van der Waals surface area contributed by atoms with Gasteiger partial charge in [0.15, 0.2) is 6.10 Å². The lowest BCUT2D eigenvalue weighted by atomic mass is 9.97. The van der Waals surface area contributed by atoms with Crippen LogP contribution in [0.5, 0.6) is 5.75 Å². The number of anilines is 1. The van der Waals surface area contributed by atoms with Gasteiger partial charge in [-0.25, -0.2) is 0 Å². The Balaban J connectivity index is 1.42. The predicted molar refractivity (Wildman–Crippen MR) is 104 cm³/mol. The van der Waals surface area contributed by atoms with Gasteiger partial charge in [-0.3, -0.25) is 9.59 Å². The zero-order valence-corrected chi connectivity index (χ0v) is 15.7. The van der Waals surface area contributed by atoms with E-state index >= 15 is 0 Å². The van der Waals surface area contributed by atoms with Gasteiger partial charge in [0.05, 0.1) is 6.04 Å². The van der Waals surface area contributed by atoms with Gasteiger partial charge >= 0.3 is 0 Å². The van der Waals surface area contributed by atoms with Crippen molar-refractivity contribution in [3.05, 3.63) is 58.7 Å². The molecular formula is C22H24N2O3. The Morgan fingerprint density at radius 1 is 1.15 bits per heavy atom. The summed E-state index contributed by atoms with van der Waals surface area (Å²) in [7, 11) is 0. The highest BCUT2D eigenvalue weighted by Crippen LogP contribution is 2.29. The van der Waals surface area contributed by atoms with Crippen LogP contribution in [0.4, 0.5) is 5.69 Å². The Hall–Kier alpha value is -2.82. The fourth-order valence-electron chi connectivity index (χ4n) is 3.76. The number of hydrogen-bond donors (Lipinski definition) is 2. The van der Waals surface area contributed by atoms with Crippen LogP contribution in [0.1, 0.15) is 48.1 Å². The van der Waals surface area contributed by atoms with Crippen LogP contribution in [0.2, 0.25) is 0 Å². The maximum absolute atomic E-state index is 12.7. The summed E-state index contributed by atoms with van der Waals surface area (Å²) in [6, 6.07) is 11.9. The third-order valence-electron chi connectivity index (χ3n) is 5.34. The smallest absolute Gasteiger partial charge is 0.261 e. The summed E-state index contributed by atoms with van der Waals surface area (Å²) in [4.78, 5) is 24.2. The molecule has 2 unspecified atom stereocenters. The lowest BCUT2D eigenvalue weighted by Crippen LogP contribution is -2.41. The molecule has 2 aromatic carbocycles. The molecule has 0 saturated carbocycles. The molecule has 5 heteroatoms. The average molecular weight is 364 g/mol. The quantitative estimate of drug-likeness (QED) is 0.877. The number of aryl methyl sites for hydroxylation is 3. The summed E-state index contributed by atoms with van der Waals surface area (Å²) in [6.45, 7) is 4.03. The van der Waals surface area contributed by atoms with E-state index < -0.39 is 6.10 Å². The molecule has 27 heavy (non-hydrogen) atoms. The van der Waals surface area contributed by atoms with Crippen molar-refractivity contribution >= 4 is 17.5 Å². The van der Waals surface area contributed by atoms with Crippen LogP contribution in [-0.2, 0) is 22.4 Å². The molecule has 0 spiro atoms. The summed E-state index contributed by atoms with van der Waals surface area (Å²) in [5.74, 6) is 0.783. The molecule has 2 aliphatic heterocycles. The number of ether oxygens (including phenoxy) is 1. The van der Waals surface area contributed by atoms with E-state index in [1.807, 2.05) is 31.2 Å². The van der Waals surface area contributed by atoms with Crippen molar-refractivity contribution in [3.8, 4) is 5.75 Å². The van der Waals surface area contributed by atoms with Gasteiger partial charge in [-0.05, 0) is 61.9 Å². The van der Waals surface area contributed by atoms with Crippen molar-refractivity contribution in [3.63, 3.8) is 0 Å². The molecule has 2 aromatic rings. The lowest BCUT2D eigenvalue weighted by molar-refractivity contribution is -0.129. The zero-order valence-electron chi connectivity index (χ0n) is 15.7. The van der Waals surface area contributed by atoms with Gasteiger partial charge in [0.2, 0.25) is 5.91 Å². The second kappa shape index (κ2) is 7.06. The highest BCUT2D eigenvalue weighted by atomic mass is 16.5. The first-order chi connectivity index (χ1) is 13.0. The third-order valence-corrected chi connectivity index (χ3v) is 5.34. The number of hydrogen-bond acceptors (Lipinski definition) is 3. The van der Waals surface area contributed by atoms with Crippen molar-refractivity contribution in [2.75, 3.05) is 5.32 Å². The Labute approximate surface area is 159 Å². The van der Waals surface area contributed by atoms with Gasteiger partial charge in [-0.15, -0.1) is 0 Å². The standard InChI is InChI=1S/C22H24N2O3/c1-13-3-8-19-17(11-13)5-9-20(27-19)22(26)23-14(2)15-4-7-18-16(12-15)6-10-21(25)24-18/h3-4,7-8,11-12,14,20H,5-6,9-10H2,1-2H3,(H,23,26)(H,24,25). The van der Waals surface area contributed by atoms with Crippen LogP contribution < -0.4 is 15.4 Å². The molecule has 140 valence electrons. The molecule has 0 bridgehead atoms. The fourth-order valence-corrected chi connectivity index (χ4v) is 3.76. The summed E-state index contributed by atoms with van der Waals surface area (Å²) in [5.41, 5.74) is 5.40. The Bertz CT molecular complexity index is 906. The summed E-state index contributed by atoms with van der Waals surface area (Å²) in [5, 5.41) is 5.96. The topological polar surface area (TPSA) is 67.4 Å². The van der Waals surface area contributed by atoms with Gasteiger partial charge in [0.1, 0.15) is 5.75 Å². The van der Waals surface area contributed by atoms with Gasteiger partial charge in [0.25, 0.3) is 5.91 Å². The molecule has 2 aliphatic rings. The van der Waals surface area contributed by atoms with E-state index in [1.165, 1.54) is 11.1 Å². The van der Waals surface area contributed by atoms with E-state index in [2.05, 4.69) is 29.7 Å². The maximum atomic E-state index is 12.7. The molecule has 2 N–H and O–H groups in total. The number of fused-ring (bicyclic) bond motifs is 2. The van der Waals surface area contributed by atoms with E-state index in [4.69, 9.17) is 4.74 Å². The van der Waals surface area contributed by atoms with E-state index in [0.29, 0.717) is 12.8 Å². The molecule has 0 aliphatic carbocycles. The highest BCUT2D eigenvalue weighted by Gasteiger charge is 2.27. The third kappa shape index (κ3) is 3.68. The first-order valence-electron chi connectivity index (χ1n) is 9.49. The molecule has 5 nitrogen and oxygen atoms in total. The van der Waals surface area contributed by atoms with Crippen LogP contribution in [0.15, 0.2) is 36.4 Å². The van der Waals surface area contributed by atoms with Gasteiger partial charge in [-0.1, -0.05) is 29.8 Å². The lowest BCUT2D eigenvalue weighted by Gasteiger charge is -2.27. The van der Waals surface area contributed by atoms with E-state index in [-0.39, 0.29) is 17.9 Å².